The summed E-state index contributed by atoms with van der Waals surface area (Å²) in [5.41, 5.74) is 0.788. The molecule has 0 saturated heterocycles. The molecular formula is C18H12ClN3O2S2. The summed E-state index contributed by atoms with van der Waals surface area (Å²) in [6.07, 6.45) is 2.01. The number of rotatable bonds is 4. The van der Waals surface area contributed by atoms with E-state index in [-0.39, 0.29) is 11.9 Å². The lowest BCUT2D eigenvalue weighted by molar-refractivity contribution is 0.102. The zero-order valence-electron chi connectivity index (χ0n) is 13.5. The molecule has 5 nitrogen and oxygen atoms in total. The Labute approximate surface area is 162 Å². The molecule has 2 aromatic carbocycles. The van der Waals surface area contributed by atoms with E-state index < -0.39 is 0 Å². The lowest BCUT2D eigenvalue weighted by Gasteiger charge is -1.99. The first-order valence-corrected chi connectivity index (χ1v) is 10.0. The second-order valence-electron chi connectivity index (χ2n) is 5.34. The van der Waals surface area contributed by atoms with Crippen molar-refractivity contribution >= 4 is 56.7 Å². The van der Waals surface area contributed by atoms with Crippen LogP contribution < -0.4 is 5.32 Å². The van der Waals surface area contributed by atoms with Gasteiger partial charge < -0.3 is 4.42 Å². The van der Waals surface area contributed by atoms with Gasteiger partial charge in [-0.25, -0.2) is 0 Å². The van der Waals surface area contributed by atoms with E-state index in [1.165, 1.54) is 11.3 Å². The van der Waals surface area contributed by atoms with Crippen LogP contribution in [-0.2, 0) is 0 Å². The van der Waals surface area contributed by atoms with Crippen LogP contribution in [0.5, 0.6) is 0 Å². The first-order chi connectivity index (χ1) is 12.7. The molecule has 4 aromatic rings. The van der Waals surface area contributed by atoms with Crippen LogP contribution in [0.25, 0.3) is 21.5 Å². The Morgan fingerprint density at radius 3 is 2.65 bits per heavy atom. The van der Waals surface area contributed by atoms with Gasteiger partial charge in [0.15, 0.2) is 0 Å². The maximum atomic E-state index is 12.5. The minimum Gasteiger partial charge on any atom is -0.403 e. The number of anilines is 1. The van der Waals surface area contributed by atoms with Crippen molar-refractivity contribution in [3.63, 3.8) is 0 Å². The molecule has 1 amide bonds. The highest BCUT2D eigenvalue weighted by Crippen LogP contribution is 2.35. The van der Waals surface area contributed by atoms with E-state index in [2.05, 4.69) is 15.5 Å². The topological polar surface area (TPSA) is 68.0 Å². The van der Waals surface area contributed by atoms with Gasteiger partial charge in [-0.1, -0.05) is 34.9 Å². The van der Waals surface area contributed by atoms with Crippen molar-refractivity contribution in [1.82, 2.24) is 10.2 Å². The van der Waals surface area contributed by atoms with Crippen LogP contribution in [0.1, 0.15) is 9.67 Å². The molecule has 0 aliphatic carbocycles. The number of halogens is 1. The van der Waals surface area contributed by atoms with E-state index in [0.717, 1.165) is 20.5 Å². The van der Waals surface area contributed by atoms with E-state index in [0.29, 0.717) is 15.8 Å². The number of hydrogen-bond donors (Lipinski definition) is 1. The number of nitrogens with zero attached hydrogens (tertiary/aromatic N) is 2. The van der Waals surface area contributed by atoms with Crippen LogP contribution in [-0.4, -0.2) is 22.4 Å². The summed E-state index contributed by atoms with van der Waals surface area (Å²) in [4.78, 5) is 14.1. The highest BCUT2D eigenvalue weighted by molar-refractivity contribution is 7.98. The van der Waals surface area contributed by atoms with Crippen molar-refractivity contribution in [2.75, 3.05) is 11.6 Å². The summed E-state index contributed by atoms with van der Waals surface area (Å²) in [5.74, 6) is -0.0282. The van der Waals surface area contributed by atoms with Crippen molar-refractivity contribution in [3.8, 4) is 11.5 Å². The Balaban J connectivity index is 1.56. The summed E-state index contributed by atoms with van der Waals surface area (Å²) in [5, 5.41) is 11.8. The van der Waals surface area contributed by atoms with Gasteiger partial charge in [0, 0.05) is 20.5 Å². The molecule has 0 spiro atoms. The average molecular weight is 402 g/mol. The Kier molecular flexibility index (Phi) is 4.67. The Bertz CT molecular complexity index is 1090. The molecular weight excluding hydrogens is 390 g/mol. The average Bonchev–Trinajstić information content (AvgIpc) is 3.27. The van der Waals surface area contributed by atoms with Gasteiger partial charge in [0.2, 0.25) is 5.89 Å². The van der Waals surface area contributed by atoms with Gasteiger partial charge in [0.25, 0.3) is 5.91 Å². The van der Waals surface area contributed by atoms with Gasteiger partial charge in [-0.2, -0.15) is 0 Å². The molecule has 0 saturated carbocycles. The molecule has 2 aromatic heterocycles. The van der Waals surface area contributed by atoms with E-state index in [1.807, 2.05) is 54.8 Å². The fourth-order valence-corrected chi connectivity index (χ4v) is 4.26. The fraction of sp³-hybridized carbons (Fsp3) is 0.0556. The van der Waals surface area contributed by atoms with Crippen LogP contribution in [0, 0.1) is 0 Å². The number of benzene rings is 2. The highest BCUT2D eigenvalue weighted by Gasteiger charge is 2.19. The van der Waals surface area contributed by atoms with Crippen LogP contribution in [0.4, 0.5) is 6.01 Å². The second kappa shape index (κ2) is 7.11. The first kappa shape index (κ1) is 17.1. The number of aromatic nitrogens is 2. The lowest BCUT2D eigenvalue weighted by Crippen LogP contribution is -2.10. The number of carbonyl (C=O) groups excluding carboxylic acids is 1. The van der Waals surface area contributed by atoms with Crippen LogP contribution in [0.2, 0.25) is 5.02 Å². The van der Waals surface area contributed by atoms with Gasteiger partial charge >= 0.3 is 6.01 Å². The van der Waals surface area contributed by atoms with Crippen molar-refractivity contribution in [3.05, 3.63) is 58.4 Å². The van der Waals surface area contributed by atoms with Gasteiger partial charge in [-0.05, 0) is 36.6 Å². The van der Waals surface area contributed by atoms with Gasteiger partial charge in [-0.3, -0.25) is 10.1 Å². The lowest BCUT2D eigenvalue weighted by atomic mass is 10.2. The van der Waals surface area contributed by atoms with Crippen LogP contribution in [0.15, 0.2) is 57.8 Å². The zero-order valence-corrected chi connectivity index (χ0v) is 15.9. The molecule has 1 N–H and O–H groups in total. The van der Waals surface area contributed by atoms with Crippen LogP contribution in [0.3, 0.4) is 0 Å². The Morgan fingerprint density at radius 1 is 1.15 bits per heavy atom. The van der Waals surface area contributed by atoms with E-state index in [4.69, 9.17) is 16.0 Å². The summed E-state index contributed by atoms with van der Waals surface area (Å²) >= 11 is 9.30. The van der Waals surface area contributed by atoms with E-state index in [9.17, 15) is 4.79 Å². The number of fused-ring (bicyclic) bond motifs is 1. The SMILES string of the molecule is CSc1ccc(-c2nnc(NC(=O)c3sc4ccccc4c3Cl)o2)cc1. The number of amides is 1. The number of thioether (sulfide) groups is 1. The number of thiophene rings is 1. The van der Waals surface area contributed by atoms with Crippen molar-refractivity contribution in [2.45, 2.75) is 4.90 Å². The Morgan fingerprint density at radius 2 is 1.92 bits per heavy atom. The maximum absolute atomic E-state index is 12.5. The van der Waals surface area contributed by atoms with Gasteiger partial charge in [-0.15, -0.1) is 28.2 Å². The third kappa shape index (κ3) is 3.21. The normalized spacial score (nSPS) is 11.0. The third-order valence-corrected chi connectivity index (χ3v) is 6.14. The molecule has 0 atom stereocenters. The smallest absolute Gasteiger partial charge is 0.322 e. The molecule has 0 unspecified atom stereocenters. The molecule has 0 fully saturated rings. The quantitative estimate of drug-likeness (QED) is 0.452. The van der Waals surface area contributed by atoms with Crippen molar-refractivity contribution in [1.29, 1.82) is 0 Å². The van der Waals surface area contributed by atoms with Crippen molar-refractivity contribution in [2.24, 2.45) is 0 Å². The summed E-state index contributed by atoms with van der Waals surface area (Å²) < 4.78 is 6.50. The molecule has 0 aliphatic rings. The van der Waals surface area contributed by atoms with E-state index in [1.54, 1.807) is 11.8 Å². The number of nitrogens with one attached hydrogen (secondary N) is 1. The number of carbonyl (C=O) groups is 1. The second-order valence-corrected chi connectivity index (χ2v) is 7.65. The molecule has 8 heteroatoms. The molecule has 0 radical (unpaired) electrons. The molecule has 130 valence electrons. The largest absolute Gasteiger partial charge is 0.403 e. The third-order valence-electron chi connectivity index (χ3n) is 3.72. The zero-order chi connectivity index (χ0) is 18.1. The molecule has 4 rings (SSSR count). The molecule has 2 heterocycles. The van der Waals surface area contributed by atoms with Gasteiger partial charge in [0.05, 0.1) is 5.02 Å². The Hall–Kier alpha value is -2.35. The monoisotopic (exact) mass is 401 g/mol. The molecule has 0 aliphatic heterocycles. The van der Waals surface area contributed by atoms with Crippen LogP contribution >= 0.6 is 34.7 Å². The molecule has 0 bridgehead atoms. The minimum atomic E-state index is -0.371. The summed E-state index contributed by atoms with van der Waals surface area (Å²) in [6, 6.07) is 15.4. The standard InChI is InChI=1S/C18H12ClN3O2S2/c1-25-11-8-6-10(7-9-11)17-21-22-18(24-17)20-16(23)15-14(19)12-4-2-3-5-13(12)26-15/h2-9H,1H3,(H,20,22,23). The maximum Gasteiger partial charge on any atom is 0.322 e. The fourth-order valence-electron chi connectivity index (χ4n) is 2.44. The van der Waals surface area contributed by atoms with E-state index >= 15 is 0 Å². The predicted octanol–water partition coefficient (Wildman–Crippen LogP) is 5.58. The van der Waals surface area contributed by atoms with Gasteiger partial charge in [0.1, 0.15) is 4.88 Å². The summed E-state index contributed by atoms with van der Waals surface area (Å²) in [7, 11) is 0. The first-order valence-electron chi connectivity index (χ1n) is 7.62. The highest BCUT2D eigenvalue weighted by atomic mass is 35.5. The minimum absolute atomic E-state index is 0.0347. The predicted molar refractivity (Wildman–Crippen MR) is 106 cm³/mol. The van der Waals surface area contributed by atoms with Crippen molar-refractivity contribution < 1.29 is 9.21 Å². The molecule has 26 heavy (non-hydrogen) atoms. The number of hydrogen-bond acceptors (Lipinski definition) is 6. The summed E-state index contributed by atoms with van der Waals surface area (Å²) in [6.45, 7) is 0.